The maximum absolute atomic E-state index is 11.9. The lowest BCUT2D eigenvalue weighted by molar-refractivity contribution is -0.148. The Kier molecular flexibility index (Phi) is 4.97. The molecule has 0 radical (unpaired) electrons. The van der Waals surface area contributed by atoms with E-state index in [4.69, 9.17) is 5.11 Å². The van der Waals surface area contributed by atoms with E-state index in [2.05, 4.69) is 5.32 Å². The number of carboxylic acids is 1. The molecule has 1 rings (SSSR count). The van der Waals surface area contributed by atoms with Crippen LogP contribution in [-0.4, -0.2) is 23.5 Å². The molecule has 1 atom stereocenters. The van der Waals surface area contributed by atoms with Crippen molar-refractivity contribution in [2.45, 2.75) is 52.4 Å². The van der Waals surface area contributed by atoms with Crippen molar-refractivity contribution in [3.8, 4) is 0 Å². The van der Waals surface area contributed by atoms with Gasteiger partial charge in [-0.3, -0.25) is 9.59 Å². The van der Waals surface area contributed by atoms with Gasteiger partial charge in [-0.2, -0.15) is 0 Å². The number of aliphatic carboxylic acids is 1. The van der Waals surface area contributed by atoms with Gasteiger partial charge in [0.05, 0.1) is 5.41 Å². The van der Waals surface area contributed by atoms with E-state index in [-0.39, 0.29) is 18.4 Å². The normalized spacial score (nSPS) is 20.6. The Hall–Kier alpha value is -1.06. The van der Waals surface area contributed by atoms with E-state index in [1.807, 2.05) is 6.92 Å². The largest absolute Gasteiger partial charge is 0.481 e. The van der Waals surface area contributed by atoms with Gasteiger partial charge in [0.15, 0.2) is 0 Å². The standard InChI is InChI=1S/C13H23NO3/c1-3-13(2,12(16)17)9-14-11(15)10-7-5-4-6-8-10/h10H,3-9H2,1-2H3,(H,14,15)(H,16,17). The van der Waals surface area contributed by atoms with Crippen LogP contribution in [0.4, 0.5) is 0 Å². The number of rotatable bonds is 5. The first kappa shape index (κ1) is 14.0. The van der Waals surface area contributed by atoms with E-state index >= 15 is 0 Å². The summed E-state index contributed by atoms with van der Waals surface area (Å²) in [5.74, 6) is -0.715. The van der Waals surface area contributed by atoms with Gasteiger partial charge in [-0.15, -0.1) is 0 Å². The molecule has 0 aromatic carbocycles. The van der Waals surface area contributed by atoms with Crippen LogP contribution < -0.4 is 5.32 Å². The highest BCUT2D eigenvalue weighted by molar-refractivity contribution is 5.80. The zero-order valence-corrected chi connectivity index (χ0v) is 10.8. The molecular weight excluding hydrogens is 218 g/mol. The van der Waals surface area contributed by atoms with Crippen LogP contribution in [0.3, 0.4) is 0 Å². The van der Waals surface area contributed by atoms with Crippen LogP contribution in [0.1, 0.15) is 52.4 Å². The molecule has 0 aliphatic heterocycles. The summed E-state index contributed by atoms with van der Waals surface area (Å²) in [6.07, 6.45) is 5.85. The molecule has 1 saturated carbocycles. The van der Waals surface area contributed by atoms with Crippen LogP contribution in [-0.2, 0) is 9.59 Å². The van der Waals surface area contributed by atoms with E-state index in [9.17, 15) is 9.59 Å². The Morgan fingerprint density at radius 3 is 2.35 bits per heavy atom. The molecule has 0 aromatic heterocycles. The molecule has 0 bridgehead atoms. The summed E-state index contributed by atoms with van der Waals surface area (Å²) in [5.41, 5.74) is -0.843. The Bertz CT molecular complexity index is 284. The first-order chi connectivity index (χ1) is 7.99. The van der Waals surface area contributed by atoms with Crippen LogP contribution in [0.25, 0.3) is 0 Å². The average molecular weight is 241 g/mol. The zero-order valence-electron chi connectivity index (χ0n) is 10.8. The van der Waals surface area contributed by atoms with E-state index < -0.39 is 11.4 Å². The molecule has 0 saturated heterocycles. The van der Waals surface area contributed by atoms with Crippen molar-refractivity contribution in [1.29, 1.82) is 0 Å². The van der Waals surface area contributed by atoms with Crippen molar-refractivity contribution < 1.29 is 14.7 Å². The number of carbonyl (C=O) groups excluding carboxylic acids is 1. The lowest BCUT2D eigenvalue weighted by atomic mass is 9.86. The zero-order chi connectivity index (χ0) is 12.9. The Balaban J connectivity index is 2.43. The molecule has 1 amide bonds. The molecule has 1 aliphatic rings. The van der Waals surface area contributed by atoms with Gasteiger partial charge in [0.2, 0.25) is 5.91 Å². The Labute approximate surface area is 103 Å². The first-order valence-corrected chi connectivity index (χ1v) is 6.50. The summed E-state index contributed by atoms with van der Waals surface area (Å²) in [6.45, 7) is 3.74. The molecule has 4 nitrogen and oxygen atoms in total. The summed E-state index contributed by atoms with van der Waals surface area (Å²) >= 11 is 0. The molecular formula is C13H23NO3. The number of amides is 1. The van der Waals surface area contributed by atoms with Gasteiger partial charge in [-0.25, -0.2) is 0 Å². The smallest absolute Gasteiger partial charge is 0.311 e. The first-order valence-electron chi connectivity index (χ1n) is 6.50. The van der Waals surface area contributed by atoms with E-state index in [0.717, 1.165) is 25.7 Å². The minimum Gasteiger partial charge on any atom is -0.481 e. The summed E-state index contributed by atoms with van der Waals surface area (Å²) < 4.78 is 0. The molecule has 1 aliphatic carbocycles. The fraction of sp³-hybridized carbons (Fsp3) is 0.846. The SMILES string of the molecule is CCC(C)(CNC(=O)C1CCCCC1)C(=O)O. The van der Waals surface area contributed by atoms with E-state index in [1.165, 1.54) is 6.42 Å². The molecule has 17 heavy (non-hydrogen) atoms. The maximum atomic E-state index is 11.9. The van der Waals surface area contributed by atoms with Crippen molar-refractivity contribution in [3.05, 3.63) is 0 Å². The average Bonchev–Trinajstić information content (AvgIpc) is 2.36. The molecule has 0 aromatic rings. The lowest BCUT2D eigenvalue weighted by Gasteiger charge is -2.26. The van der Waals surface area contributed by atoms with Crippen LogP contribution in [0.15, 0.2) is 0 Å². The molecule has 1 unspecified atom stereocenters. The second-order valence-electron chi connectivity index (χ2n) is 5.27. The highest BCUT2D eigenvalue weighted by Crippen LogP contribution is 2.25. The maximum Gasteiger partial charge on any atom is 0.311 e. The minimum absolute atomic E-state index is 0.0330. The molecule has 1 fully saturated rings. The third kappa shape index (κ3) is 3.72. The fourth-order valence-corrected chi connectivity index (χ4v) is 2.14. The van der Waals surface area contributed by atoms with Crippen molar-refractivity contribution in [2.24, 2.45) is 11.3 Å². The topological polar surface area (TPSA) is 66.4 Å². The Morgan fingerprint density at radius 2 is 1.88 bits per heavy atom. The molecule has 0 spiro atoms. The van der Waals surface area contributed by atoms with Crippen LogP contribution >= 0.6 is 0 Å². The third-order valence-corrected chi connectivity index (χ3v) is 3.93. The molecule has 4 heteroatoms. The summed E-state index contributed by atoms with van der Waals surface area (Å²) in [6, 6.07) is 0. The van der Waals surface area contributed by atoms with Gasteiger partial charge < -0.3 is 10.4 Å². The summed E-state index contributed by atoms with van der Waals surface area (Å²) in [7, 11) is 0. The number of nitrogens with one attached hydrogen (secondary N) is 1. The van der Waals surface area contributed by atoms with Crippen molar-refractivity contribution >= 4 is 11.9 Å². The van der Waals surface area contributed by atoms with Crippen LogP contribution in [0.2, 0.25) is 0 Å². The fourth-order valence-electron chi connectivity index (χ4n) is 2.14. The van der Waals surface area contributed by atoms with Crippen LogP contribution in [0, 0.1) is 11.3 Å². The Morgan fingerprint density at radius 1 is 1.29 bits per heavy atom. The third-order valence-electron chi connectivity index (χ3n) is 3.93. The highest BCUT2D eigenvalue weighted by atomic mass is 16.4. The van der Waals surface area contributed by atoms with Gasteiger partial charge in [0.25, 0.3) is 0 Å². The predicted octanol–water partition coefficient (Wildman–Crippen LogP) is 2.18. The summed E-state index contributed by atoms with van der Waals surface area (Å²) in [5, 5.41) is 11.9. The summed E-state index contributed by atoms with van der Waals surface area (Å²) in [4.78, 5) is 23.0. The second kappa shape index (κ2) is 6.03. The lowest BCUT2D eigenvalue weighted by Crippen LogP contribution is -2.43. The van der Waals surface area contributed by atoms with Gasteiger partial charge >= 0.3 is 5.97 Å². The number of carbonyl (C=O) groups is 2. The van der Waals surface area contributed by atoms with Crippen molar-refractivity contribution in [3.63, 3.8) is 0 Å². The highest BCUT2D eigenvalue weighted by Gasteiger charge is 2.32. The monoisotopic (exact) mass is 241 g/mol. The number of hydrogen-bond donors (Lipinski definition) is 2. The molecule has 0 heterocycles. The molecule has 2 N–H and O–H groups in total. The van der Waals surface area contributed by atoms with Gasteiger partial charge in [-0.1, -0.05) is 26.2 Å². The van der Waals surface area contributed by atoms with E-state index in [1.54, 1.807) is 6.92 Å². The predicted molar refractivity (Wildman–Crippen MR) is 65.6 cm³/mol. The van der Waals surface area contributed by atoms with E-state index in [0.29, 0.717) is 6.42 Å². The van der Waals surface area contributed by atoms with Gasteiger partial charge in [0, 0.05) is 12.5 Å². The van der Waals surface area contributed by atoms with Gasteiger partial charge in [0.1, 0.15) is 0 Å². The van der Waals surface area contributed by atoms with Crippen molar-refractivity contribution in [2.75, 3.05) is 6.54 Å². The number of carboxylic acid groups (broad SMARTS) is 1. The van der Waals surface area contributed by atoms with Crippen LogP contribution in [0.5, 0.6) is 0 Å². The number of hydrogen-bond acceptors (Lipinski definition) is 2. The van der Waals surface area contributed by atoms with Crippen molar-refractivity contribution in [1.82, 2.24) is 5.32 Å². The quantitative estimate of drug-likeness (QED) is 0.775. The van der Waals surface area contributed by atoms with Gasteiger partial charge in [-0.05, 0) is 26.2 Å². The molecule has 98 valence electrons. The minimum atomic E-state index is -0.844. The second-order valence-corrected chi connectivity index (χ2v) is 5.27.